The smallest absolute Gasteiger partial charge is 0.153 e. The lowest BCUT2D eigenvalue weighted by molar-refractivity contribution is 0.112. The molecule has 0 unspecified atom stereocenters. The van der Waals surface area contributed by atoms with E-state index in [2.05, 4.69) is 28.1 Å². The fourth-order valence-corrected chi connectivity index (χ4v) is 2.77. The van der Waals surface area contributed by atoms with Crippen LogP contribution in [0.4, 0.5) is 0 Å². The zero-order valence-corrected chi connectivity index (χ0v) is 11.9. The highest BCUT2D eigenvalue weighted by atomic mass is 79.9. The van der Waals surface area contributed by atoms with E-state index < -0.39 is 0 Å². The van der Waals surface area contributed by atoms with Crippen molar-refractivity contribution in [2.45, 2.75) is 19.3 Å². The summed E-state index contributed by atoms with van der Waals surface area (Å²) in [6, 6.07) is 11.6. The molecule has 19 heavy (non-hydrogen) atoms. The highest BCUT2D eigenvalue weighted by Crippen LogP contribution is 2.31. The van der Waals surface area contributed by atoms with Crippen molar-refractivity contribution in [1.29, 1.82) is 0 Å². The van der Waals surface area contributed by atoms with Crippen molar-refractivity contribution in [2.24, 2.45) is 0 Å². The molecular formula is C16H13BrO2. The molecule has 0 N–H and O–H groups in total. The van der Waals surface area contributed by atoms with E-state index >= 15 is 0 Å². The van der Waals surface area contributed by atoms with Crippen LogP contribution in [0, 0.1) is 0 Å². The third-order valence-corrected chi connectivity index (χ3v) is 3.89. The van der Waals surface area contributed by atoms with Crippen LogP contribution in [-0.2, 0) is 12.8 Å². The van der Waals surface area contributed by atoms with Gasteiger partial charge in [0.05, 0.1) is 5.56 Å². The summed E-state index contributed by atoms with van der Waals surface area (Å²) in [7, 11) is 0. The van der Waals surface area contributed by atoms with E-state index in [9.17, 15) is 4.79 Å². The number of aryl methyl sites for hydroxylation is 2. The summed E-state index contributed by atoms with van der Waals surface area (Å²) in [5.41, 5.74) is 3.33. The first-order chi connectivity index (χ1) is 9.26. The first-order valence-electron chi connectivity index (χ1n) is 6.30. The van der Waals surface area contributed by atoms with E-state index in [1.807, 2.05) is 18.2 Å². The molecule has 0 amide bonds. The highest BCUT2D eigenvalue weighted by Gasteiger charge is 2.12. The van der Waals surface area contributed by atoms with Gasteiger partial charge in [-0.15, -0.1) is 0 Å². The molecule has 2 aromatic rings. The van der Waals surface area contributed by atoms with E-state index in [4.69, 9.17) is 4.74 Å². The summed E-state index contributed by atoms with van der Waals surface area (Å²) in [6.07, 6.45) is 4.31. The Balaban J connectivity index is 1.93. The zero-order valence-electron chi connectivity index (χ0n) is 10.4. The molecule has 0 bridgehead atoms. The summed E-state index contributed by atoms with van der Waals surface area (Å²) in [4.78, 5) is 11.0. The topological polar surface area (TPSA) is 26.3 Å². The maximum atomic E-state index is 11.0. The van der Waals surface area contributed by atoms with E-state index in [1.165, 1.54) is 17.5 Å². The van der Waals surface area contributed by atoms with Gasteiger partial charge in [-0.3, -0.25) is 4.79 Å². The molecule has 0 radical (unpaired) electrons. The molecule has 0 atom stereocenters. The minimum atomic E-state index is 0.559. The van der Waals surface area contributed by atoms with Crippen LogP contribution in [0.2, 0.25) is 0 Å². The van der Waals surface area contributed by atoms with Crippen molar-refractivity contribution >= 4 is 22.2 Å². The van der Waals surface area contributed by atoms with Crippen molar-refractivity contribution in [2.75, 3.05) is 0 Å². The van der Waals surface area contributed by atoms with Crippen LogP contribution in [0.5, 0.6) is 11.5 Å². The Morgan fingerprint density at radius 2 is 1.89 bits per heavy atom. The zero-order chi connectivity index (χ0) is 13.2. The molecular weight excluding hydrogens is 304 g/mol. The maximum Gasteiger partial charge on any atom is 0.153 e. The molecule has 0 fully saturated rings. The Labute approximate surface area is 120 Å². The minimum absolute atomic E-state index is 0.559. The van der Waals surface area contributed by atoms with Gasteiger partial charge < -0.3 is 4.74 Å². The number of benzene rings is 2. The number of carbonyl (C=O) groups excluding carboxylic acids is 1. The minimum Gasteiger partial charge on any atom is -0.457 e. The van der Waals surface area contributed by atoms with Crippen molar-refractivity contribution in [3.63, 3.8) is 0 Å². The first-order valence-corrected chi connectivity index (χ1v) is 7.10. The van der Waals surface area contributed by atoms with Crippen molar-refractivity contribution < 1.29 is 9.53 Å². The fourth-order valence-electron chi connectivity index (χ4n) is 2.43. The normalized spacial score (nSPS) is 13.1. The Kier molecular flexibility index (Phi) is 3.38. The fraction of sp³-hybridized carbons (Fsp3) is 0.188. The van der Waals surface area contributed by atoms with Crippen LogP contribution in [0.1, 0.15) is 27.9 Å². The number of hydrogen-bond acceptors (Lipinski definition) is 2. The Morgan fingerprint density at radius 3 is 2.74 bits per heavy atom. The van der Waals surface area contributed by atoms with Gasteiger partial charge in [-0.05, 0) is 60.7 Å². The Bertz CT molecular complexity index is 635. The summed E-state index contributed by atoms with van der Waals surface area (Å²) in [5, 5.41) is 0. The number of fused-ring (bicyclic) bond motifs is 1. The lowest BCUT2D eigenvalue weighted by Gasteiger charge is -2.10. The molecule has 96 valence electrons. The van der Waals surface area contributed by atoms with Gasteiger partial charge in [-0.1, -0.05) is 22.0 Å². The molecule has 1 aliphatic rings. The van der Waals surface area contributed by atoms with Crippen molar-refractivity contribution in [1.82, 2.24) is 0 Å². The van der Waals surface area contributed by atoms with Gasteiger partial charge >= 0.3 is 0 Å². The number of aldehydes is 1. The molecule has 0 spiro atoms. The molecule has 2 aromatic carbocycles. The van der Waals surface area contributed by atoms with E-state index in [0.29, 0.717) is 11.3 Å². The number of hydrogen-bond donors (Lipinski definition) is 0. The summed E-state index contributed by atoms with van der Waals surface area (Å²) in [5.74, 6) is 1.38. The number of halogens is 1. The lowest BCUT2D eigenvalue weighted by atomic mass is 10.1. The standard InChI is InChI=1S/C16H13BrO2/c17-14-6-4-13(10-18)16(9-14)19-15-7-5-11-2-1-3-12(11)8-15/h4-10H,1-3H2. The number of ether oxygens (including phenoxy) is 1. The van der Waals surface area contributed by atoms with Gasteiger partial charge in [-0.2, -0.15) is 0 Å². The van der Waals surface area contributed by atoms with E-state index in [1.54, 1.807) is 6.07 Å². The largest absolute Gasteiger partial charge is 0.457 e. The van der Waals surface area contributed by atoms with Gasteiger partial charge in [0.15, 0.2) is 6.29 Å². The number of carbonyl (C=O) groups is 1. The lowest BCUT2D eigenvalue weighted by Crippen LogP contribution is -1.92. The van der Waals surface area contributed by atoms with Crippen molar-refractivity contribution in [3.8, 4) is 11.5 Å². The van der Waals surface area contributed by atoms with Crippen LogP contribution >= 0.6 is 15.9 Å². The molecule has 0 saturated heterocycles. The average Bonchev–Trinajstić information content (AvgIpc) is 2.86. The van der Waals surface area contributed by atoms with Crippen LogP contribution in [0.15, 0.2) is 40.9 Å². The molecule has 0 aromatic heterocycles. The second kappa shape index (κ2) is 5.17. The molecule has 0 heterocycles. The monoisotopic (exact) mass is 316 g/mol. The summed E-state index contributed by atoms with van der Waals surface area (Å²) < 4.78 is 6.74. The van der Waals surface area contributed by atoms with Crippen LogP contribution < -0.4 is 4.74 Å². The molecule has 0 saturated carbocycles. The van der Waals surface area contributed by atoms with Gasteiger partial charge in [0.2, 0.25) is 0 Å². The van der Waals surface area contributed by atoms with Crippen LogP contribution in [0.3, 0.4) is 0 Å². The van der Waals surface area contributed by atoms with Gasteiger partial charge in [0.1, 0.15) is 11.5 Å². The Hall–Kier alpha value is -1.61. The SMILES string of the molecule is O=Cc1ccc(Br)cc1Oc1ccc2c(c1)CCC2. The third-order valence-electron chi connectivity index (χ3n) is 3.40. The summed E-state index contributed by atoms with van der Waals surface area (Å²) >= 11 is 3.39. The molecule has 3 rings (SSSR count). The van der Waals surface area contributed by atoms with Crippen LogP contribution in [0.25, 0.3) is 0 Å². The van der Waals surface area contributed by atoms with Gasteiger partial charge in [-0.25, -0.2) is 0 Å². The second-order valence-corrected chi connectivity index (χ2v) is 5.60. The maximum absolute atomic E-state index is 11.0. The summed E-state index contributed by atoms with van der Waals surface area (Å²) in [6.45, 7) is 0. The average molecular weight is 317 g/mol. The molecule has 0 aliphatic heterocycles. The van der Waals surface area contributed by atoms with E-state index in [0.717, 1.165) is 29.4 Å². The molecule has 2 nitrogen and oxygen atoms in total. The predicted octanol–water partition coefficient (Wildman–Crippen LogP) is 4.54. The highest BCUT2D eigenvalue weighted by molar-refractivity contribution is 9.10. The number of rotatable bonds is 3. The third kappa shape index (κ3) is 2.56. The quantitative estimate of drug-likeness (QED) is 0.777. The van der Waals surface area contributed by atoms with Crippen molar-refractivity contribution in [3.05, 3.63) is 57.6 Å². The van der Waals surface area contributed by atoms with Crippen LogP contribution in [-0.4, -0.2) is 6.29 Å². The first kappa shape index (κ1) is 12.4. The van der Waals surface area contributed by atoms with E-state index in [-0.39, 0.29) is 0 Å². The second-order valence-electron chi connectivity index (χ2n) is 4.69. The Morgan fingerprint density at radius 1 is 1.05 bits per heavy atom. The van der Waals surface area contributed by atoms with Gasteiger partial charge in [0, 0.05) is 4.47 Å². The van der Waals surface area contributed by atoms with Gasteiger partial charge in [0.25, 0.3) is 0 Å². The predicted molar refractivity (Wildman–Crippen MR) is 78.1 cm³/mol. The molecule has 1 aliphatic carbocycles. The molecule has 3 heteroatoms.